The minimum atomic E-state index is -0.922. The first-order valence-corrected chi connectivity index (χ1v) is 5.49. The monoisotopic (exact) mass is 223 g/mol. The maximum atomic E-state index is 11.1. The van der Waals surface area contributed by atoms with E-state index in [4.69, 9.17) is 5.11 Å². The molecule has 0 atom stereocenters. The van der Waals surface area contributed by atoms with E-state index in [1.54, 1.807) is 0 Å². The SMILES string of the molecule is CC(C)Cn1nc(C(=O)O)c2c1CN(C)C2. The van der Waals surface area contributed by atoms with Crippen molar-refractivity contribution in [2.75, 3.05) is 7.05 Å². The van der Waals surface area contributed by atoms with Crippen molar-refractivity contribution in [3.05, 3.63) is 17.0 Å². The number of carbonyl (C=O) groups is 1. The quantitative estimate of drug-likeness (QED) is 0.836. The fourth-order valence-electron chi connectivity index (χ4n) is 2.13. The minimum Gasteiger partial charge on any atom is -0.476 e. The Hall–Kier alpha value is -1.36. The Balaban J connectivity index is 2.41. The molecule has 1 aliphatic heterocycles. The van der Waals surface area contributed by atoms with Gasteiger partial charge in [0.05, 0.1) is 5.69 Å². The van der Waals surface area contributed by atoms with E-state index >= 15 is 0 Å². The fraction of sp³-hybridized carbons (Fsp3) is 0.636. The Bertz CT molecular complexity index is 423. The van der Waals surface area contributed by atoms with Gasteiger partial charge in [-0.15, -0.1) is 0 Å². The Morgan fingerprint density at radius 3 is 2.75 bits per heavy atom. The number of rotatable bonds is 3. The molecule has 1 aromatic heterocycles. The molecule has 16 heavy (non-hydrogen) atoms. The van der Waals surface area contributed by atoms with Crippen LogP contribution in [0.4, 0.5) is 0 Å². The lowest BCUT2D eigenvalue weighted by Gasteiger charge is -2.10. The molecule has 1 aromatic rings. The lowest BCUT2D eigenvalue weighted by molar-refractivity contribution is 0.0687. The van der Waals surface area contributed by atoms with E-state index in [2.05, 4.69) is 23.8 Å². The van der Waals surface area contributed by atoms with Gasteiger partial charge >= 0.3 is 5.97 Å². The van der Waals surface area contributed by atoms with Crippen molar-refractivity contribution in [1.82, 2.24) is 14.7 Å². The highest BCUT2D eigenvalue weighted by atomic mass is 16.4. The molecular weight excluding hydrogens is 206 g/mol. The zero-order valence-corrected chi connectivity index (χ0v) is 9.90. The van der Waals surface area contributed by atoms with Crippen LogP contribution in [-0.4, -0.2) is 32.8 Å². The normalized spacial score (nSPS) is 15.8. The summed E-state index contributed by atoms with van der Waals surface area (Å²) in [5.74, 6) is -0.453. The van der Waals surface area contributed by atoms with Crippen molar-refractivity contribution >= 4 is 5.97 Å². The van der Waals surface area contributed by atoms with E-state index in [0.29, 0.717) is 12.5 Å². The van der Waals surface area contributed by atoms with Crippen molar-refractivity contribution in [3.63, 3.8) is 0 Å². The van der Waals surface area contributed by atoms with E-state index in [-0.39, 0.29) is 5.69 Å². The molecule has 5 nitrogen and oxygen atoms in total. The number of hydrogen-bond acceptors (Lipinski definition) is 3. The third-order valence-electron chi connectivity index (χ3n) is 2.75. The summed E-state index contributed by atoms with van der Waals surface area (Å²) in [7, 11) is 1.99. The zero-order valence-electron chi connectivity index (χ0n) is 9.90. The van der Waals surface area contributed by atoms with E-state index in [1.807, 2.05) is 11.7 Å². The lowest BCUT2D eigenvalue weighted by atomic mass is 10.2. The summed E-state index contributed by atoms with van der Waals surface area (Å²) >= 11 is 0. The van der Waals surface area contributed by atoms with E-state index < -0.39 is 5.97 Å². The highest BCUT2D eigenvalue weighted by molar-refractivity contribution is 5.87. The number of aromatic carboxylic acids is 1. The molecule has 0 amide bonds. The van der Waals surface area contributed by atoms with Gasteiger partial charge < -0.3 is 5.11 Å². The summed E-state index contributed by atoms with van der Waals surface area (Å²) < 4.78 is 1.85. The molecule has 0 saturated heterocycles. The Morgan fingerprint density at radius 1 is 1.50 bits per heavy atom. The van der Waals surface area contributed by atoms with E-state index in [9.17, 15) is 4.79 Å². The van der Waals surface area contributed by atoms with Gasteiger partial charge in [0.15, 0.2) is 5.69 Å². The van der Waals surface area contributed by atoms with Gasteiger partial charge in [-0.1, -0.05) is 13.8 Å². The summed E-state index contributed by atoms with van der Waals surface area (Å²) in [5, 5.41) is 13.3. The summed E-state index contributed by atoms with van der Waals surface area (Å²) in [4.78, 5) is 13.2. The Morgan fingerprint density at radius 2 is 2.19 bits per heavy atom. The number of carboxylic acid groups (broad SMARTS) is 1. The lowest BCUT2D eigenvalue weighted by Crippen LogP contribution is -2.15. The number of fused-ring (bicyclic) bond motifs is 1. The van der Waals surface area contributed by atoms with Crippen LogP contribution in [0.25, 0.3) is 0 Å². The van der Waals surface area contributed by atoms with Crippen molar-refractivity contribution in [2.45, 2.75) is 33.5 Å². The van der Waals surface area contributed by atoms with Crippen LogP contribution in [0.5, 0.6) is 0 Å². The first-order valence-electron chi connectivity index (χ1n) is 5.49. The summed E-state index contributed by atoms with van der Waals surface area (Å²) in [6.45, 7) is 6.47. The van der Waals surface area contributed by atoms with Crippen LogP contribution in [0.1, 0.15) is 35.6 Å². The van der Waals surface area contributed by atoms with Crippen LogP contribution in [-0.2, 0) is 19.6 Å². The standard InChI is InChI=1S/C11H17N3O2/c1-7(2)4-14-9-6-13(3)5-8(9)10(12-14)11(15)16/h7H,4-6H2,1-3H3,(H,15,16). The minimum absolute atomic E-state index is 0.222. The summed E-state index contributed by atoms with van der Waals surface area (Å²) in [6, 6.07) is 0. The second-order valence-corrected chi connectivity index (χ2v) is 4.83. The van der Waals surface area contributed by atoms with Gasteiger partial charge in [0.2, 0.25) is 0 Å². The number of nitrogens with zero attached hydrogens (tertiary/aromatic N) is 3. The van der Waals surface area contributed by atoms with Gasteiger partial charge in [-0.25, -0.2) is 4.79 Å². The highest BCUT2D eigenvalue weighted by Crippen LogP contribution is 2.25. The first kappa shape index (κ1) is 11.1. The molecule has 2 rings (SSSR count). The maximum absolute atomic E-state index is 11.1. The average molecular weight is 223 g/mol. The molecule has 0 aliphatic carbocycles. The second-order valence-electron chi connectivity index (χ2n) is 4.83. The van der Waals surface area contributed by atoms with Gasteiger partial charge in [-0.2, -0.15) is 5.10 Å². The Labute approximate surface area is 94.7 Å². The van der Waals surface area contributed by atoms with Gasteiger partial charge in [0.25, 0.3) is 0 Å². The predicted octanol–water partition coefficient (Wildman–Crippen LogP) is 1.18. The van der Waals surface area contributed by atoms with E-state index in [0.717, 1.165) is 24.3 Å². The highest BCUT2D eigenvalue weighted by Gasteiger charge is 2.28. The molecule has 2 heterocycles. The van der Waals surface area contributed by atoms with Crippen molar-refractivity contribution in [3.8, 4) is 0 Å². The molecule has 0 unspecified atom stereocenters. The van der Waals surface area contributed by atoms with Crippen molar-refractivity contribution in [1.29, 1.82) is 0 Å². The second kappa shape index (κ2) is 3.90. The molecule has 0 aromatic carbocycles. The molecule has 0 saturated carbocycles. The Kier molecular flexibility index (Phi) is 2.71. The van der Waals surface area contributed by atoms with E-state index in [1.165, 1.54) is 0 Å². The molecule has 1 aliphatic rings. The van der Waals surface area contributed by atoms with Crippen LogP contribution >= 0.6 is 0 Å². The smallest absolute Gasteiger partial charge is 0.356 e. The molecule has 1 N–H and O–H groups in total. The molecule has 0 spiro atoms. The number of carboxylic acids is 1. The van der Waals surface area contributed by atoms with Crippen LogP contribution in [0, 0.1) is 5.92 Å². The zero-order chi connectivity index (χ0) is 11.9. The van der Waals surface area contributed by atoms with Crippen LogP contribution in [0.15, 0.2) is 0 Å². The molecular formula is C11H17N3O2. The van der Waals surface area contributed by atoms with Crippen LogP contribution in [0.3, 0.4) is 0 Å². The maximum Gasteiger partial charge on any atom is 0.356 e. The van der Waals surface area contributed by atoms with Gasteiger partial charge in [-0.3, -0.25) is 9.58 Å². The van der Waals surface area contributed by atoms with Gasteiger partial charge in [0.1, 0.15) is 0 Å². The summed E-state index contributed by atoms with van der Waals surface area (Å²) in [5.41, 5.74) is 2.17. The third kappa shape index (κ3) is 1.82. The van der Waals surface area contributed by atoms with Crippen LogP contribution < -0.4 is 0 Å². The third-order valence-corrected chi connectivity index (χ3v) is 2.75. The number of aromatic nitrogens is 2. The van der Waals surface area contributed by atoms with Crippen molar-refractivity contribution < 1.29 is 9.90 Å². The topological polar surface area (TPSA) is 58.4 Å². The average Bonchev–Trinajstić information content (AvgIpc) is 2.64. The molecule has 88 valence electrons. The van der Waals surface area contributed by atoms with Gasteiger partial charge in [-0.05, 0) is 13.0 Å². The largest absolute Gasteiger partial charge is 0.476 e. The van der Waals surface area contributed by atoms with Gasteiger partial charge in [0, 0.05) is 25.2 Å². The molecule has 0 radical (unpaired) electrons. The first-order chi connectivity index (χ1) is 7.49. The fourth-order valence-corrected chi connectivity index (χ4v) is 2.13. The molecule has 0 bridgehead atoms. The van der Waals surface area contributed by atoms with Crippen LogP contribution in [0.2, 0.25) is 0 Å². The number of hydrogen-bond donors (Lipinski definition) is 1. The predicted molar refractivity (Wildman–Crippen MR) is 59.2 cm³/mol. The van der Waals surface area contributed by atoms with Crippen molar-refractivity contribution in [2.24, 2.45) is 5.92 Å². The molecule has 5 heteroatoms. The molecule has 0 fully saturated rings. The summed E-state index contributed by atoms with van der Waals surface area (Å²) in [6.07, 6.45) is 0.